The number of carbonyl (C=O) groups excluding carboxylic acids is 1. The monoisotopic (exact) mass is 300 g/mol. The van der Waals surface area contributed by atoms with Crippen LogP contribution < -0.4 is 10.1 Å². The third-order valence-electron chi connectivity index (χ3n) is 3.73. The van der Waals surface area contributed by atoms with Gasteiger partial charge < -0.3 is 14.8 Å². The summed E-state index contributed by atoms with van der Waals surface area (Å²) in [6.45, 7) is 1.55. The van der Waals surface area contributed by atoms with E-state index in [-0.39, 0.29) is 12.0 Å². The highest BCUT2D eigenvalue weighted by atomic mass is 16.5. The molecule has 22 heavy (non-hydrogen) atoms. The largest absolute Gasteiger partial charge is 0.489 e. The molecule has 5 heteroatoms. The predicted octanol–water partition coefficient (Wildman–Crippen LogP) is 2.30. The van der Waals surface area contributed by atoms with Crippen LogP contribution in [0.2, 0.25) is 0 Å². The molecule has 0 aliphatic carbocycles. The molecule has 0 bridgehead atoms. The van der Waals surface area contributed by atoms with Gasteiger partial charge in [0.25, 0.3) is 0 Å². The first kappa shape index (κ1) is 14.8. The number of carbonyl (C=O) groups is 1. The van der Waals surface area contributed by atoms with E-state index in [1.54, 1.807) is 6.20 Å². The summed E-state index contributed by atoms with van der Waals surface area (Å²) in [6.07, 6.45) is 4.35. The minimum Gasteiger partial charge on any atom is -0.489 e. The minimum absolute atomic E-state index is 0.0423. The Balaban J connectivity index is 1.49. The number of para-hydroxylation sites is 1. The summed E-state index contributed by atoms with van der Waals surface area (Å²) in [6, 6.07) is 9.72. The average Bonchev–Trinajstić information content (AvgIpc) is 2.59. The van der Waals surface area contributed by atoms with E-state index in [4.69, 9.17) is 9.47 Å². The summed E-state index contributed by atoms with van der Waals surface area (Å²) in [4.78, 5) is 16.3. The number of hydrogen-bond acceptors (Lipinski definition) is 4. The summed E-state index contributed by atoms with van der Waals surface area (Å²) >= 11 is 0. The number of pyridine rings is 1. The first-order valence-electron chi connectivity index (χ1n) is 7.70. The van der Waals surface area contributed by atoms with Crippen LogP contribution in [0, 0.1) is 0 Å². The molecule has 0 radical (unpaired) electrons. The fraction of sp³-hybridized carbons (Fsp3) is 0.412. The molecule has 2 aromatic rings. The molecule has 0 unspecified atom stereocenters. The summed E-state index contributed by atoms with van der Waals surface area (Å²) in [5.74, 6) is 0.695. The Hall–Kier alpha value is -2.14. The number of nitrogens with one attached hydrogen (secondary N) is 1. The first-order valence-corrected chi connectivity index (χ1v) is 7.70. The van der Waals surface area contributed by atoms with Crippen LogP contribution in [-0.4, -0.2) is 36.8 Å². The maximum absolute atomic E-state index is 11.9. The lowest BCUT2D eigenvalue weighted by molar-refractivity contribution is -0.135. The van der Waals surface area contributed by atoms with E-state index in [1.165, 1.54) is 0 Å². The lowest BCUT2D eigenvalue weighted by Gasteiger charge is -2.21. The molecule has 1 fully saturated rings. The van der Waals surface area contributed by atoms with Crippen LogP contribution in [0.4, 0.5) is 0 Å². The summed E-state index contributed by atoms with van der Waals surface area (Å²) in [5, 5.41) is 3.90. The van der Waals surface area contributed by atoms with Crippen molar-refractivity contribution in [3.8, 4) is 5.75 Å². The highest BCUT2D eigenvalue weighted by Crippen LogP contribution is 2.22. The molecule has 2 heterocycles. The van der Waals surface area contributed by atoms with Gasteiger partial charge in [0.1, 0.15) is 24.0 Å². The van der Waals surface area contributed by atoms with Crippen molar-refractivity contribution in [1.82, 2.24) is 10.3 Å². The van der Waals surface area contributed by atoms with Gasteiger partial charge in [0.05, 0.1) is 6.54 Å². The highest BCUT2D eigenvalue weighted by Gasteiger charge is 2.21. The molecule has 5 nitrogen and oxygen atoms in total. The van der Waals surface area contributed by atoms with E-state index in [2.05, 4.69) is 10.3 Å². The Labute approximate surface area is 129 Å². The molecule has 1 atom stereocenters. The molecule has 116 valence electrons. The van der Waals surface area contributed by atoms with Crippen LogP contribution in [-0.2, 0) is 9.53 Å². The molecule has 1 aliphatic heterocycles. The average molecular weight is 300 g/mol. The van der Waals surface area contributed by atoms with Gasteiger partial charge >= 0.3 is 0 Å². The first-order chi connectivity index (χ1) is 10.8. The van der Waals surface area contributed by atoms with Crippen LogP contribution in [0.5, 0.6) is 5.75 Å². The zero-order valence-corrected chi connectivity index (χ0v) is 12.5. The molecule has 0 saturated carbocycles. The number of benzene rings is 1. The molecule has 1 N–H and O–H groups in total. The second-order valence-corrected chi connectivity index (χ2v) is 5.33. The van der Waals surface area contributed by atoms with Gasteiger partial charge in [-0.15, -0.1) is 0 Å². The smallest absolute Gasteiger partial charge is 0.249 e. The van der Waals surface area contributed by atoms with Crippen LogP contribution in [0.1, 0.15) is 19.3 Å². The number of fused-ring (bicyclic) bond motifs is 1. The van der Waals surface area contributed by atoms with Crippen LogP contribution in [0.25, 0.3) is 10.9 Å². The summed E-state index contributed by atoms with van der Waals surface area (Å²) in [7, 11) is 0. The number of aromatic nitrogens is 1. The van der Waals surface area contributed by atoms with E-state index >= 15 is 0 Å². The van der Waals surface area contributed by atoms with Crippen molar-refractivity contribution in [2.75, 3.05) is 19.8 Å². The van der Waals surface area contributed by atoms with Gasteiger partial charge in [-0.2, -0.15) is 0 Å². The van der Waals surface area contributed by atoms with Crippen LogP contribution >= 0.6 is 0 Å². The number of ether oxygens (including phenoxy) is 2. The van der Waals surface area contributed by atoms with Gasteiger partial charge in [0.15, 0.2) is 0 Å². The maximum atomic E-state index is 11.9. The number of amides is 1. The topological polar surface area (TPSA) is 60.5 Å². The summed E-state index contributed by atoms with van der Waals surface area (Å²) < 4.78 is 11.2. The van der Waals surface area contributed by atoms with Gasteiger partial charge in [-0.1, -0.05) is 18.2 Å². The molecule has 3 rings (SSSR count). The van der Waals surface area contributed by atoms with Crippen LogP contribution in [0.3, 0.4) is 0 Å². The molecular formula is C17H20N2O3. The predicted molar refractivity (Wildman–Crippen MR) is 83.8 cm³/mol. The molecule has 1 aliphatic rings. The quantitative estimate of drug-likeness (QED) is 0.861. The van der Waals surface area contributed by atoms with Crippen molar-refractivity contribution >= 4 is 16.8 Å². The van der Waals surface area contributed by atoms with E-state index < -0.39 is 0 Å². The molecule has 1 aromatic carbocycles. The van der Waals surface area contributed by atoms with Crippen LogP contribution in [0.15, 0.2) is 36.5 Å². The Bertz CT molecular complexity index is 633. The number of hydrogen-bond donors (Lipinski definition) is 1. The van der Waals surface area contributed by atoms with E-state index in [0.29, 0.717) is 19.8 Å². The second kappa shape index (κ2) is 7.22. The Morgan fingerprint density at radius 3 is 3.09 bits per heavy atom. The fourth-order valence-corrected chi connectivity index (χ4v) is 2.59. The normalized spacial score (nSPS) is 18.1. The molecule has 1 aromatic heterocycles. The van der Waals surface area contributed by atoms with Gasteiger partial charge in [-0.05, 0) is 31.4 Å². The van der Waals surface area contributed by atoms with Crippen molar-refractivity contribution in [1.29, 1.82) is 0 Å². The Kier molecular flexibility index (Phi) is 4.85. The van der Waals surface area contributed by atoms with Crippen molar-refractivity contribution in [3.05, 3.63) is 36.5 Å². The fourth-order valence-electron chi connectivity index (χ4n) is 2.59. The third kappa shape index (κ3) is 3.54. The second-order valence-electron chi connectivity index (χ2n) is 5.33. The SMILES string of the molecule is O=C(NCCOc1cccc2cccnc12)[C@H]1CCCCO1. The molecule has 1 saturated heterocycles. The van der Waals surface area contributed by atoms with E-state index in [1.807, 2.05) is 30.3 Å². The van der Waals surface area contributed by atoms with Gasteiger partial charge in [-0.3, -0.25) is 9.78 Å². The third-order valence-corrected chi connectivity index (χ3v) is 3.73. The highest BCUT2D eigenvalue weighted by molar-refractivity contribution is 5.84. The zero-order valence-electron chi connectivity index (χ0n) is 12.5. The molecule has 0 spiro atoms. The van der Waals surface area contributed by atoms with E-state index in [9.17, 15) is 4.79 Å². The maximum Gasteiger partial charge on any atom is 0.249 e. The van der Waals surface area contributed by atoms with E-state index in [0.717, 1.165) is 35.9 Å². The Morgan fingerprint density at radius 2 is 2.23 bits per heavy atom. The molecule has 1 amide bonds. The van der Waals surface area contributed by atoms with Crippen molar-refractivity contribution in [2.45, 2.75) is 25.4 Å². The van der Waals surface area contributed by atoms with Crippen molar-refractivity contribution in [3.63, 3.8) is 0 Å². The van der Waals surface area contributed by atoms with Gasteiger partial charge in [0, 0.05) is 18.2 Å². The lowest BCUT2D eigenvalue weighted by Crippen LogP contribution is -2.40. The Morgan fingerprint density at radius 1 is 1.32 bits per heavy atom. The number of rotatable bonds is 5. The number of nitrogens with zero attached hydrogens (tertiary/aromatic N) is 1. The molecular weight excluding hydrogens is 280 g/mol. The summed E-state index contributed by atoms with van der Waals surface area (Å²) in [5.41, 5.74) is 0.840. The van der Waals surface area contributed by atoms with Gasteiger partial charge in [0.2, 0.25) is 5.91 Å². The minimum atomic E-state index is -0.298. The van der Waals surface area contributed by atoms with Crippen molar-refractivity contribution < 1.29 is 14.3 Å². The zero-order chi connectivity index (χ0) is 15.2. The lowest BCUT2D eigenvalue weighted by atomic mass is 10.1. The van der Waals surface area contributed by atoms with Gasteiger partial charge in [-0.25, -0.2) is 0 Å². The standard InChI is InChI=1S/C17H20N2O3/c20-17(15-7-1-2-11-21-15)19-10-12-22-14-8-3-5-13-6-4-9-18-16(13)14/h3-6,8-9,15H,1-2,7,10-12H2,(H,19,20)/t15-/m1/s1. The van der Waals surface area contributed by atoms with Crippen molar-refractivity contribution in [2.24, 2.45) is 0 Å².